The third kappa shape index (κ3) is 7.47. The van der Waals surface area contributed by atoms with Gasteiger partial charge in [-0.3, -0.25) is 9.89 Å². The second-order valence-electron chi connectivity index (χ2n) is 7.68. The SMILES string of the molecule is CCNC(=NCC(c1ccccc1)c1ccccc1)NCCCCN1CCOCC1. The van der Waals surface area contributed by atoms with Gasteiger partial charge < -0.3 is 15.4 Å². The van der Waals surface area contributed by atoms with Crippen molar-refractivity contribution < 1.29 is 4.74 Å². The van der Waals surface area contributed by atoms with Gasteiger partial charge in [-0.05, 0) is 37.4 Å². The molecule has 2 aromatic rings. The van der Waals surface area contributed by atoms with Crippen LogP contribution in [-0.2, 0) is 4.74 Å². The first-order valence-corrected chi connectivity index (χ1v) is 11.3. The Hall–Kier alpha value is -2.37. The number of aliphatic imine (C=N–C) groups is 1. The monoisotopic (exact) mass is 408 g/mol. The minimum absolute atomic E-state index is 0.254. The number of unbranched alkanes of at least 4 members (excludes halogenated alkanes) is 1. The Bertz CT molecular complexity index is 690. The summed E-state index contributed by atoms with van der Waals surface area (Å²) in [5, 5.41) is 6.91. The molecule has 5 heteroatoms. The predicted octanol–water partition coefficient (Wildman–Crippen LogP) is 3.49. The van der Waals surface area contributed by atoms with Gasteiger partial charge in [0, 0.05) is 32.1 Å². The summed E-state index contributed by atoms with van der Waals surface area (Å²) in [6.45, 7) is 9.68. The van der Waals surface area contributed by atoms with Crippen molar-refractivity contribution >= 4 is 5.96 Å². The summed E-state index contributed by atoms with van der Waals surface area (Å²) in [6, 6.07) is 21.3. The first kappa shape index (κ1) is 22.3. The van der Waals surface area contributed by atoms with E-state index in [4.69, 9.17) is 9.73 Å². The van der Waals surface area contributed by atoms with E-state index in [1.54, 1.807) is 0 Å². The number of guanidine groups is 1. The number of hydrogen-bond acceptors (Lipinski definition) is 3. The van der Waals surface area contributed by atoms with Gasteiger partial charge in [-0.15, -0.1) is 0 Å². The third-order valence-corrected chi connectivity index (χ3v) is 5.48. The molecule has 1 heterocycles. The number of ether oxygens (including phenoxy) is 1. The Morgan fingerprint density at radius 1 is 0.933 bits per heavy atom. The molecule has 0 atom stereocenters. The molecule has 0 radical (unpaired) electrons. The van der Waals surface area contributed by atoms with E-state index in [0.717, 1.165) is 64.9 Å². The number of rotatable bonds is 10. The van der Waals surface area contributed by atoms with Crippen molar-refractivity contribution in [1.82, 2.24) is 15.5 Å². The van der Waals surface area contributed by atoms with Gasteiger partial charge in [-0.25, -0.2) is 0 Å². The van der Waals surface area contributed by atoms with Crippen LogP contribution < -0.4 is 10.6 Å². The molecule has 162 valence electrons. The van der Waals surface area contributed by atoms with Gasteiger partial charge in [0.25, 0.3) is 0 Å². The van der Waals surface area contributed by atoms with Crippen molar-refractivity contribution in [2.75, 3.05) is 52.5 Å². The molecule has 0 spiro atoms. The van der Waals surface area contributed by atoms with Crippen LogP contribution in [0.4, 0.5) is 0 Å². The molecule has 0 aromatic heterocycles. The van der Waals surface area contributed by atoms with Crippen LogP contribution in [-0.4, -0.2) is 63.3 Å². The molecule has 2 aromatic carbocycles. The first-order chi connectivity index (χ1) is 14.9. The van der Waals surface area contributed by atoms with Crippen molar-refractivity contribution in [1.29, 1.82) is 0 Å². The predicted molar refractivity (Wildman–Crippen MR) is 125 cm³/mol. The maximum Gasteiger partial charge on any atom is 0.191 e. The summed E-state index contributed by atoms with van der Waals surface area (Å²) in [4.78, 5) is 7.41. The molecular formula is C25H36N4O. The van der Waals surface area contributed by atoms with Crippen LogP contribution in [0.15, 0.2) is 65.7 Å². The highest BCUT2D eigenvalue weighted by atomic mass is 16.5. The van der Waals surface area contributed by atoms with Gasteiger partial charge in [0.2, 0.25) is 0 Å². The third-order valence-electron chi connectivity index (χ3n) is 5.48. The van der Waals surface area contributed by atoms with Crippen molar-refractivity contribution in [2.45, 2.75) is 25.7 Å². The average Bonchev–Trinajstić information content (AvgIpc) is 2.81. The molecule has 0 unspecified atom stereocenters. The van der Waals surface area contributed by atoms with Crippen LogP contribution in [0, 0.1) is 0 Å². The van der Waals surface area contributed by atoms with E-state index in [-0.39, 0.29) is 5.92 Å². The second-order valence-corrected chi connectivity index (χ2v) is 7.68. The minimum atomic E-state index is 0.254. The minimum Gasteiger partial charge on any atom is -0.379 e. The molecule has 30 heavy (non-hydrogen) atoms. The van der Waals surface area contributed by atoms with Gasteiger partial charge in [-0.1, -0.05) is 60.7 Å². The molecule has 3 rings (SSSR count). The maximum atomic E-state index is 5.42. The van der Waals surface area contributed by atoms with Gasteiger partial charge in [-0.2, -0.15) is 0 Å². The van der Waals surface area contributed by atoms with Crippen LogP contribution in [0.1, 0.15) is 36.8 Å². The Kier molecular flexibility index (Phi) is 9.70. The lowest BCUT2D eigenvalue weighted by atomic mass is 9.91. The summed E-state index contributed by atoms with van der Waals surface area (Å²) >= 11 is 0. The fourth-order valence-electron chi connectivity index (χ4n) is 3.79. The zero-order chi connectivity index (χ0) is 20.9. The first-order valence-electron chi connectivity index (χ1n) is 11.3. The lowest BCUT2D eigenvalue weighted by molar-refractivity contribution is 0.0372. The zero-order valence-corrected chi connectivity index (χ0v) is 18.2. The van der Waals surface area contributed by atoms with Crippen LogP contribution in [0.2, 0.25) is 0 Å². The average molecular weight is 409 g/mol. The van der Waals surface area contributed by atoms with Crippen molar-refractivity contribution in [3.05, 3.63) is 71.8 Å². The summed E-state index contributed by atoms with van der Waals surface area (Å²) < 4.78 is 5.42. The van der Waals surface area contributed by atoms with E-state index in [0.29, 0.717) is 0 Å². The van der Waals surface area contributed by atoms with E-state index >= 15 is 0 Å². The van der Waals surface area contributed by atoms with E-state index in [1.165, 1.54) is 17.5 Å². The van der Waals surface area contributed by atoms with E-state index in [9.17, 15) is 0 Å². The number of nitrogens with one attached hydrogen (secondary N) is 2. The highest BCUT2D eigenvalue weighted by Crippen LogP contribution is 2.24. The Morgan fingerprint density at radius 2 is 1.57 bits per heavy atom. The van der Waals surface area contributed by atoms with Gasteiger partial charge >= 0.3 is 0 Å². The summed E-state index contributed by atoms with van der Waals surface area (Å²) in [5.41, 5.74) is 2.60. The summed E-state index contributed by atoms with van der Waals surface area (Å²) in [7, 11) is 0. The number of morpholine rings is 1. The standard InChI is InChI=1S/C25H36N4O/c1-2-26-25(27-15-9-10-16-29-17-19-30-20-18-29)28-21-24(22-11-5-3-6-12-22)23-13-7-4-8-14-23/h3-8,11-14,24H,2,9-10,15-21H2,1H3,(H2,26,27,28). The lowest BCUT2D eigenvalue weighted by Gasteiger charge is -2.26. The van der Waals surface area contributed by atoms with Crippen molar-refractivity contribution in [3.63, 3.8) is 0 Å². The Labute approximate surface area is 181 Å². The molecule has 1 fully saturated rings. The number of benzene rings is 2. The van der Waals surface area contributed by atoms with Crippen LogP contribution in [0.25, 0.3) is 0 Å². The highest BCUT2D eigenvalue weighted by Gasteiger charge is 2.14. The fourth-order valence-corrected chi connectivity index (χ4v) is 3.79. The second kappa shape index (κ2) is 13.0. The molecule has 2 N–H and O–H groups in total. The number of hydrogen-bond donors (Lipinski definition) is 2. The molecule has 0 bridgehead atoms. The molecule has 5 nitrogen and oxygen atoms in total. The summed E-state index contributed by atoms with van der Waals surface area (Å²) in [5.74, 6) is 1.16. The van der Waals surface area contributed by atoms with E-state index in [2.05, 4.69) is 83.1 Å². The topological polar surface area (TPSA) is 48.9 Å². The Balaban J connectivity index is 1.53. The van der Waals surface area contributed by atoms with Crippen molar-refractivity contribution in [2.24, 2.45) is 4.99 Å². The molecule has 0 saturated carbocycles. The number of nitrogens with zero attached hydrogens (tertiary/aromatic N) is 2. The summed E-state index contributed by atoms with van der Waals surface area (Å²) in [6.07, 6.45) is 2.34. The normalized spacial score (nSPS) is 15.3. The fraction of sp³-hybridized carbons (Fsp3) is 0.480. The Morgan fingerprint density at radius 3 is 2.17 bits per heavy atom. The molecule has 1 aliphatic rings. The molecular weight excluding hydrogens is 372 g/mol. The highest BCUT2D eigenvalue weighted by molar-refractivity contribution is 5.79. The molecule has 0 aliphatic carbocycles. The maximum absolute atomic E-state index is 5.42. The van der Waals surface area contributed by atoms with Crippen LogP contribution in [0.5, 0.6) is 0 Å². The van der Waals surface area contributed by atoms with Gasteiger partial charge in [0.1, 0.15) is 0 Å². The van der Waals surface area contributed by atoms with Crippen LogP contribution in [0.3, 0.4) is 0 Å². The largest absolute Gasteiger partial charge is 0.379 e. The van der Waals surface area contributed by atoms with E-state index < -0.39 is 0 Å². The molecule has 0 amide bonds. The zero-order valence-electron chi connectivity index (χ0n) is 18.2. The molecule has 1 saturated heterocycles. The van der Waals surface area contributed by atoms with Gasteiger partial charge in [0.05, 0.1) is 19.8 Å². The van der Waals surface area contributed by atoms with Gasteiger partial charge in [0.15, 0.2) is 5.96 Å². The smallest absolute Gasteiger partial charge is 0.191 e. The van der Waals surface area contributed by atoms with Crippen molar-refractivity contribution in [3.8, 4) is 0 Å². The van der Waals surface area contributed by atoms with Crippen LogP contribution >= 0.6 is 0 Å². The lowest BCUT2D eigenvalue weighted by Crippen LogP contribution is -2.39. The van der Waals surface area contributed by atoms with E-state index in [1.807, 2.05) is 0 Å². The molecule has 1 aliphatic heterocycles. The quantitative estimate of drug-likeness (QED) is 0.359.